The number of nitrogens with one attached hydrogen (secondary N) is 2. The maximum absolute atomic E-state index is 12.4. The van der Waals surface area contributed by atoms with Gasteiger partial charge in [-0.3, -0.25) is 9.36 Å². The molecule has 0 saturated carbocycles. The van der Waals surface area contributed by atoms with Gasteiger partial charge in [0.1, 0.15) is 5.76 Å². The van der Waals surface area contributed by atoms with Crippen molar-refractivity contribution in [3.63, 3.8) is 0 Å². The molecule has 4 rings (SSSR count). The average molecular weight is 462 g/mol. The van der Waals surface area contributed by atoms with Crippen LogP contribution in [-0.2, 0) is 24.4 Å². The number of benzene rings is 2. The van der Waals surface area contributed by atoms with E-state index in [-0.39, 0.29) is 11.7 Å². The van der Waals surface area contributed by atoms with Crippen molar-refractivity contribution in [3.05, 3.63) is 95.2 Å². The first kappa shape index (κ1) is 22.7. The van der Waals surface area contributed by atoms with Crippen molar-refractivity contribution in [2.24, 2.45) is 0 Å². The zero-order valence-corrected chi connectivity index (χ0v) is 19.6. The summed E-state index contributed by atoms with van der Waals surface area (Å²) >= 11 is 1.37. The number of amides is 1. The SMILES string of the molecule is Cc1ccc(NCc2nnc(SCC(=O)NCc3ccccc3)n2Cc2ccco2)c(C)c1. The van der Waals surface area contributed by atoms with E-state index in [0.717, 1.165) is 22.8 Å². The van der Waals surface area contributed by atoms with Gasteiger partial charge in [0.15, 0.2) is 11.0 Å². The van der Waals surface area contributed by atoms with Crippen LogP contribution in [0.3, 0.4) is 0 Å². The number of thioether (sulfide) groups is 1. The lowest BCUT2D eigenvalue weighted by atomic mass is 10.1. The zero-order chi connectivity index (χ0) is 23.0. The molecule has 4 aromatic rings. The molecule has 0 radical (unpaired) electrons. The Morgan fingerprint density at radius 1 is 1.03 bits per heavy atom. The molecule has 0 saturated heterocycles. The predicted molar refractivity (Wildman–Crippen MR) is 130 cm³/mol. The molecule has 1 amide bonds. The Morgan fingerprint density at radius 3 is 2.64 bits per heavy atom. The Hall–Kier alpha value is -3.52. The molecule has 2 aromatic carbocycles. The highest BCUT2D eigenvalue weighted by Gasteiger charge is 2.16. The largest absolute Gasteiger partial charge is 0.467 e. The summed E-state index contributed by atoms with van der Waals surface area (Å²) in [4.78, 5) is 12.4. The molecule has 0 aliphatic rings. The van der Waals surface area contributed by atoms with Crippen LogP contribution < -0.4 is 10.6 Å². The number of nitrogens with zero attached hydrogens (tertiary/aromatic N) is 3. The molecule has 0 unspecified atom stereocenters. The van der Waals surface area contributed by atoms with Crippen LogP contribution in [0, 0.1) is 13.8 Å². The molecule has 2 aromatic heterocycles. The molecule has 170 valence electrons. The van der Waals surface area contributed by atoms with Gasteiger partial charge < -0.3 is 15.1 Å². The fraction of sp³-hybridized carbons (Fsp3) is 0.240. The highest BCUT2D eigenvalue weighted by Crippen LogP contribution is 2.21. The van der Waals surface area contributed by atoms with E-state index in [4.69, 9.17) is 4.42 Å². The van der Waals surface area contributed by atoms with Crippen LogP contribution >= 0.6 is 11.8 Å². The summed E-state index contributed by atoms with van der Waals surface area (Å²) in [6.07, 6.45) is 1.65. The van der Waals surface area contributed by atoms with Gasteiger partial charge in [0.05, 0.1) is 25.1 Å². The maximum Gasteiger partial charge on any atom is 0.230 e. The molecule has 2 N–H and O–H groups in total. The third-order valence-corrected chi connectivity index (χ3v) is 6.14. The first-order valence-corrected chi connectivity index (χ1v) is 11.8. The Kier molecular flexibility index (Phi) is 7.47. The fourth-order valence-corrected chi connectivity index (χ4v) is 4.22. The van der Waals surface area contributed by atoms with Crippen molar-refractivity contribution >= 4 is 23.4 Å². The molecule has 0 aliphatic heterocycles. The molecule has 8 heteroatoms. The number of carbonyl (C=O) groups is 1. The van der Waals surface area contributed by atoms with Gasteiger partial charge in [0, 0.05) is 12.2 Å². The van der Waals surface area contributed by atoms with E-state index in [1.165, 1.54) is 22.9 Å². The highest BCUT2D eigenvalue weighted by atomic mass is 32.2. The average Bonchev–Trinajstić information content (AvgIpc) is 3.47. The number of hydrogen-bond donors (Lipinski definition) is 2. The maximum atomic E-state index is 12.4. The minimum absolute atomic E-state index is 0.0497. The molecule has 33 heavy (non-hydrogen) atoms. The van der Waals surface area contributed by atoms with Gasteiger partial charge in [-0.2, -0.15) is 0 Å². The van der Waals surface area contributed by atoms with Crippen LogP contribution in [0.4, 0.5) is 5.69 Å². The van der Waals surface area contributed by atoms with Crippen LogP contribution in [0.25, 0.3) is 0 Å². The summed E-state index contributed by atoms with van der Waals surface area (Å²) in [7, 11) is 0. The predicted octanol–water partition coefficient (Wildman–Crippen LogP) is 4.56. The minimum Gasteiger partial charge on any atom is -0.467 e. The number of rotatable bonds is 10. The quantitative estimate of drug-likeness (QED) is 0.337. The fourth-order valence-electron chi connectivity index (χ4n) is 3.44. The van der Waals surface area contributed by atoms with Crippen molar-refractivity contribution in [1.82, 2.24) is 20.1 Å². The van der Waals surface area contributed by atoms with E-state index >= 15 is 0 Å². The second-order valence-electron chi connectivity index (χ2n) is 7.79. The number of hydrogen-bond acceptors (Lipinski definition) is 6. The van der Waals surface area contributed by atoms with Gasteiger partial charge in [-0.1, -0.05) is 59.8 Å². The monoisotopic (exact) mass is 461 g/mol. The molecule has 0 spiro atoms. The third kappa shape index (κ3) is 6.26. The van der Waals surface area contributed by atoms with Gasteiger partial charge in [0.2, 0.25) is 5.91 Å². The lowest BCUT2D eigenvalue weighted by Gasteiger charge is -2.12. The molecule has 2 heterocycles. The number of aromatic nitrogens is 3. The Bertz CT molecular complexity index is 1190. The van der Waals surface area contributed by atoms with Crippen molar-refractivity contribution in [3.8, 4) is 0 Å². The molecular weight excluding hydrogens is 434 g/mol. The number of aryl methyl sites for hydroxylation is 2. The summed E-state index contributed by atoms with van der Waals surface area (Å²) < 4.78 is 7.53. The standard InChI is InChI=1S/C25H27N5O2S/c1-18-10-11-22(19(2)13-18)26-15-23-28-29-25(30(23)16-21-9-6-12-32-21)33-17-24(31)27-14-20-7-4-3-5-8-20/h3-13,26H,14-17H2,1-2H3,(H,27,31). The summed E-state index contributed by atoms with van der Waals surface area (Å²) in [6, 6.07) is 19.9. The summed E-state index contributed by atoms with van der Waals surface area (Å²) in [5.41, 5.74) is 4.53. The molecule has 7 nitrogen and oxygen atoms in total. The van der Waals surface area contributed by atoms with Crippen LogP contribution in [0.5, 0.6) is 0 Å². The third-order valence-electron chi connectivity index (χ3n) is 5.17. The summed E-state index contributed by atoms with van der Waals surface area (Å²) in [6.45, 7) is 5.68. The van der Waals surface area contributed by atoms with Gasteiger partial charge in [-0.05, 0) is 43.2 Å². The van der Waals surface area contributed by atoms with E-state index in [2.05, 4.69) is 52.9 Å². The van der Waals surface area contributed by atoms with Crippen molar-refractivity contribution in [1.29, 1.82) is 0 Å². The Labute approximate surface area is 197 Å². The first-order valence-electron chi connectivity index (χ1n) is 10.8. The van der Waals surface area contributed by atoms with Gasteiger partial charge in [-0.15, -0.1) is 10.2 Å². The van der Waals surface area contributed by atoms with Crippen LogP contribution in [-0.4, -0.2) is 26.4 Å². The number of anilines is 1. The van der Waals surface area contributed by atoms with Crippen LogP contribution in [0.2, 0.25) is 0 Å². The van der Waals surface area contributed by atoms with E-state index in [1.54, 1.807) is 6.26 Å². The van der Waals surface area contributed by atoms with Gasteiger partial charge in [0.25, 0.3) is 0 Å². The molecule has 0 aliphatic carbocycles. The van der Waals surface area contributed by atoms with E-state index < -0.39 is 0 Å². The Morgan fingerprint density at radius 2 is 1.88 bits per heavy atom. The lowest BCUT2D eigenvalue weighted by molar-refractivity contribution is -0.118. The van der Waals surface area contributed by atoms with Crippen molar-refractivity contribution in [2.75, 3.05) is 11.1 Å². The van der Waals surface area contributed by atoms with Crippen molar-refractivity contribution in [2.45, 2.75) is 38.6 Å². The summed E-state index contributed by atoms with van der Waals surface area (Å²) in [5.74, 6) is 1.79. The molecule has 0 fully saturated rings. The normalized spacial score (nSPS) is 10.8. The topological polar surface area (TPSA) is 85.0 Å². The van der Waals surface area contributed by atoms with E-state index in [0.29, 0.717) is 24.8 Å². The Balaban J connectivity index is 1.42. The minimum atomic E-state index is -0.0497. The first-order chi connectivity index (χ1) is 16.1. The number of carbonyl (C=O) groups excluding carboxylic acids is 1. The zero-order valence-electron chi connectivity index (χ0n) is 18.7. The second kappa shape index (κ2) is 10.9. The smallest absolute Gasteiger partial charge is 0.230 e. The molecular formula is C25H27N5O2S. The van der Waals surface area contributed by atoms with E-state index in [1.807, 2.05) is 47.0 Å². The highest BCUT2D eigenvalue weighted by molar-refractivity contribution is 7.99. The molecule has 0 bridgehead atoms. The molecule has 0 atom stereocenters. The lowest BCUT2D eigenvalue weighted by Crippen LogP contribution is -2.24. The van der Waals surface area contributed by atoms with E-state index in [9.17, 15) is 4.79 Å². The van der Waals surface area contributed by atoms with Crippen molar-refractivity contribution < 1.29 is 9.21 Å². The van der Waals surface area contributed by atoms with Crippen LogP contribution in [0.1, 0.15) is 28.3 Å². The second-order valence-corrected chi connectivity index (χ2v) is 8.73. The van der Waals surface area contributed by atoms with Gasteiger partial charge in [-0.25, -0.2) is 0 Å². The number of furan rings is 1. The van der Waals surface area contributed by atoms with Gasteiger partial charge >= 0.3 is 0 Å². The van der Waals surface area contributed by atoms with Crippen LogP contribution in [0.15, 0.2) is 76.5 Å². The summed E-state index contributed by atoms with van der Waals surface area (Å²) in [5, 5.41) is 15.8.